The van der Waals surface area contributed by atoms with Crippen LogP contribution in [0.25, 0.3) is 0 Å². The Morgan fingerprint density at radius 2 is 2.05 bits per heavy atom. The lowest BCUT2D eigenvalue weighted by molar-refractivity contribution is -0.121. The van der Waals surface area contributed by atoms with E-state index in [4.69, 9.17) is 0 Å². The zero-order valence-corrected chi connectivity index (χ0v) is 13.9. The van der Waals surface area contributed by atoms with Crippen molar-refractivity contribution in [1.29, 1.82) is 0 Å². The van der Waals surface area contributed by atoms with Crippen molar-refractivity contribution in [3.05, 3.63) is 33.2 Å². The Kier molecular flexibility index (Phi) is 5.77. The summed E-state index contributed by atoms with van der Waals surface area (Å²) < 4.78 is 0. The van der Waals surface area contributed by atoms with Gasteiger partial charge >= 0.3 is 0 Å². The predicted octanol–water partition coefficient (Wildman–Crippen LogP) is 1.87. The third-order valence-electron chi connectivity index (χ3n) is 4.63. The van der Waals surface area contributed by atoms with Crippen LogP contribution in [0.2, 0.25) is 0 Å². The number of hydrogen-bond acceptors (Lipinski definition) is 3. The number of carbonyl (C=O) groups excluding carboxylic acids is 1. The number of carbonyl (C=O) groups is 1. The highest BCUT2D eigenvalue weighted by Gasteiger charge is 2.18. The Hall–Kier alpha value is -1.62. The second-order valence-corrected chi connectivity index (χ2v) is 6.31. The number of aromatic nitrogens is 1. The summed E-state index contributed by atoms with van der Waals surface area (Å²) in [7, 11) is 0. The van der Waals surface area contributed by atoms with Crippen molar-refractivity contribution in [3.63, 3.8) is 0 Å². The topological polar surface area (TPSA) is 65.2 Å². The van der Waals surface area contributed by atoms with E-state index < -0.39 is 0 Å². The number of aromatic amines is 1. The highest BCUT2D eigenvalue weighted by atomic mass is 16.1. The molecule has 0 radical (unpaired) electrons. The van der Waals surface area contributed by atoms with Crippen LogP contribution in [-0.2, 0) is 11.3 Å². The molecule has 1 atom stereocenters. The van der Waals surface area contributed by atoms with Gasteiger partial charge in [0.2, 0.25) is 5.91 Å². The van der Waals surface area contributed by atoms with Crippen LogP contribution in [-0.4, -0.2) is 34.9 Å². The molecule has 1 unspecified atom stereocenters. The van der Waals surface area contributed by atoms with Gasteiger partial charge in [0.25, 0.3) is 0 Å². The van der Waals surface area contributed by atoms with E-state index in [1.54, 1.807) is 20.0 Å². The minimum Gasteiger partial charge on any atom is -0.363 e. The van der Waals surface area contributed by atoms with Gasteiger partial charge in [0.15, 0.2) is 5.43 Å². The number of amides is 1. The highest BCUT2D eigenvalue weighted by molar-refractivity contribution is 5.75. The normalized spacial score (nSPS) is 16.7. The predicted molar refractivity (Wildman–Crippen MR) is 87.9 cm³/mol. The van der Waals surface area contributed by atoms with Gasteiger partial charge in [0.05, 0.1) is 6.54 Å². The molecule has 1 aromatic heterocycles. The molecule has 1 aromatic rings. The van der Waals surface area contributed by atoms with Gasteiger partial charge in [-0.1, -0.05) is 0 Å². The van der Waals surface area contributed by atoms with Crippen molar-refractivity contribution in [1.82, 2.24) is 15.2 Å². The lowest BCUT2D eigenvalue weighted by Crippen LogP contribution is -2.32. The van der Waals surface area contributed by atoms with Crippen LogP contribution in [0.4, 0.5) is 0 Å². The molecule has 1 aliphatic rings. The minimum atomic E-state index is 0.0469. The van der Waals surface area contributed by atoms with E-state index in [1.807, 2.05) is 0 Å². The van der Waals surface area contributed by atoms with Crippen molar-refractivity contribution in [3.8, 4) is 0 Å². The molecule has 0 spiro atoms. The Balaban J connectivity index is 1.78. The second kappa shape index (κ2) is 7.58. The first-order valence-corrected chi connectivity index (χ1v) is 8.17. The Labute approximate surface area is 132 Å². The third kappa shape index (κ3) is 4.19. The summed E-state index contributed by atoms with van der Waals surface area (Å²) in [6, 6.07) is 0.467. The molecule has 1 saturated heterocycles. The SMILES string of the molecule is Cc1c[nH]c(CNC(=O)CCC(C)N2CCCC2)c(C)c1=O. The van der Waals surface area contributed by atoms with E-state index in [2.05, 4.69) is 22.1 Å². The first-order chi connectivity index (χ1) is 10.5. The lowest BCUT2D eigenvalue weighted by Gasteiger charge is -2.23. The van der Waals surface area contributed by atoms with Crippen LogP contribution in [0.3, 0.4) is 0 Å². The number of hydrogen-bond donors (Lipinski definition) is 2. The molecule has 2 N–H and O–H groups in total. The van der Waals surface area contributed by atoms with Crippen LogP contribution in [0, 0.1) is 13.8 Å². The summed E-state index contributed by atoms with van der Waals surface area (Å²) in [5, 5.41) is 2.90. The van der Waals surface area contributed by atoms with Gasteiger partial charge in [-0.15, -0.1) is 0 Å². The van der Waals surface area contributed by atoms with Crippen LogP contribution in [0.5, 0.6) is 0 Å². The van der Waals surface area contributed by atoms with E-state index in [0.717, 1.165) is 25.2 Å². The maximum atomic E-state index is 12.0. The van der Waals surface area contributed by atoms with Crippen molar-refractivity contribution in [2.75, 3.05) is 13.1 Å². The first-order valence-electron chi connectivity index (χ1n) is 8.17. The zero-order chi connectivity index (χ0) is 16.1. The molecule has 2 heterocycles. The van der Waals surface area contributed by atoms with E-state index in [1.165, 1.54) is 12.8 Å². The fourth-order valence-electron chi connectivity index (χ4n) is 2.97. The van der Waals surface area contributed by atoms with Gasteiger partial charge in [-0.25, -0.2) is 0 Å². The number of likely N-dealkylation sites (tertiary alicyclic amines) is 1. The minimum absolute atomic E-state index is 0.0469. The Bertz CT molecular complexity index is 574. The number of rotatable bonds is 6. The molecule has 1 fully saturated rings. The van der Waals surface area contributed by atoms with Crippen molar-refractivity contribution < 1.29 is 4.79 Å². The van der Waals surface area contributed by atoms with E-state index in [0.29, 0.717) is 30.1 Å². The van der Waals surface area contributed by atoms with Gasteiger partial charge < -0.3 is 15.2 Å². The van der Waals surface area contributed by atoms with Crippen LogP contribution in [0.15, 0.2) is 11.0 Å². The molecule has 1 amide bonds. The van der Waals surface area contributed by atoms with Gasteiger partial charge in [-0.3, -0.25) is 9.59 Å². The Morgan fingerprint density at radius 1 is 1.36 bits per heavy atom. The molecular formula is C17H27N3O2. The monoisotopic (exact) mass is 305 g/mol. The number of aryl methyl sites for hydroxylation is 1. The molecule has 5 nitrogen and oxygen atoms in total. The van der Waals surface area contributed by atoms with Gasteiger partial charge in [0.1, 0.15) is 0 Å². The summed E-state index contributed by atoms with van der Waals surface area (Å²) in [4.78, 5) is 29.4. The van der Waals surface area contributed by atoms with Gasteiger partial charge in [-0.2, -0.15) is 0 Å². The van der Waals surface area contributed by atoms with Crippen molar-refractivity contribution in [2.45, 2.75) is 59.0 Å². The number of nitrogens with zero attached hydrogens (tertiary/aromatic N) is 1. The number of nitrogens with one attached hydrogen (secondary N) is 2. The van der Waals surface area contributed by atoms with Gasteiger partial charge in [-0.05, 0) is 53.1 Å². The molecule has 0 saturated carbocycles. The third-order valence-corrected chi connectivity index (χ3v) is 4.63. The number of H-pyrrole nitrogens is 1. The summed E-state index contributed by atoms with van der Waals surface area (Å²) in [5.41, 5.74) is 2.22. The fourth-order valence-corrected chi connectivity index (χ4v) is 2.97. The highest BCUT2D eigenvalue weighted by Crippen LogP contribution is 2.14. The molecule has 0 aromatic carbocycles. The molecular weight excluding hydrogens is 278 g/mol. The molecule has 2 rings (SSSR count). The summed E-state index contributed by atoms with van der Waals surface area (Å²) >= 11 is 0. The average Bonchev–Trinajstić information content (AvgIpc) is 3.04. The summed E-state index contributed by atoms with van der Waals surface area (Å²) in [6.07, 6.45) is 5.67. The summed E-state index contributed by atoms with van der Waals surface area (Å²) in [6.45, 7) is 8.48. The second-order valence-electron chi connectivity index (χ2n) is 6.31. The standard InChI is InChI=1S/C17H27N3O2/c1-12-10-18-15(14(3)17(12)22)11-19-16(21)7-6-13(2)20-8-4-5-9-20/h10,13H,4-9,11H2,1-3H3,(H,18,22)(H,19,21). The van der Waals surface area contributed by atoms with E-state index >= 15 is 0 Å². The molecule has 122 valence electrons. The Morgan fingerprint density at radius 3 is 2.73 bits per heavy atom. The fraction of sp³-hybridized carbons (Fsp3) is 0.647. The first kappa shape index (κ1) is 16.7. The largest absolute Gasteiger partial charge is 0.363 e. The van der Waals surface area contributed by atoms with Crippen LogP contribution >= 0.6 is 0 Å². The lowest BCUT2D eigenvalue weighted by atomic mass is 10.1. The molecule has 5 heteroatoms. The molecule has 0 bridgehead atoms. The van der Waals surface area contributed by atoms with Crippen molar-refractivity contribution >= 4 is 5.91 Å². The van der Waals surface area contributed by atoms with Crippen molar-refractivity contribution in [2.24, 2.45) is 0 Å². The molecule has 1 aliphatic heterocycles. The van der Waals surface area contributed by atoms with Crippen LogP contribution in [0.1, 0.15) is 49.4 Å². The smallest absolute Gasteiger partial charge is 0.220 e. The average molecular weight is 305 g/mol. The summed E-state index contributed by atoms with van der Waals surface area (Å²) in [5.74, 6) is 0.0480. The zero-order valence-electron chi connectivity index (χ0n) is 13.9. The van der Waals surface area contributed by atoms with Gasteiger partial charge in [0, 0.05) is 35.5 Å². The van der Waals surface area contributed by atoms with E-state index in [-0.39, 0.29) is 11.3 Å². The van der Waals surface area contributed by atoms with E-state index in [9.17, 15) is 9.59 Å². The maximum Gasteiger partial charge on any atom is 0.220 e. The maximum absolute atomic E-state index is 12.0. The van der Waals surface area contributed by atoms with Crippen LogP contribution < -0.4 is 10.7 Å². The molecule has 0 aliphatic carbocycles. The number of pyridine rings is 1. The quantitative estimate of drug-likeness (QED) is 0.843. The molecule has 22 heavy (non-hydrogen) atoms.